The van der Waals surface area contributed by atoms with Gasteiger partial charge in [-0.2, -0.15) is 0 Å². The smallest absolute Gasteiger partial charge is 0.338 e. The molecule has 0 bridgehead atoms. The molecular weight excluding hydrogens is 404 g/mol. The molecule has 0 atom stereocenters. The van der Waals surface area contributed by atoms with Crippen molar-refractivity contribution < 1.29 is 28.5 Å². The molecule has 0 aliphatic carbocycles. The monoisotopic (exact) mass is 422 g/mol. The molecule has 26 heavy (non-hydrogen) atoms. The molecule has 0 N–H and O–H groups in total. The lowest BCUT2D eigenvalue weighted by molar-refractivity contribution is 0.0474. The highest BCUT2D eigenvalue weighted by Gasteiger charge is 2.17. The molecule has 138 valence electrons. The zero-order valence-corrected chi connectivity index (χ0v) is 16.3. The van der Waals surface area contributed by atoms with Crippen molar-refractivity contribution in [3.05, 3.63) is 52.0 Å². The Morgan fingerprint density at radius 2 is 1.69 bits per heavy atom. The van der Waals surface area contributed by atoms with Gasteiger partial charge in [-0.1, -0.05) is 0 Å². The molecule has 0 saturated heterocycles. The van der Waals surface area contributed by atoms with Crippen molar-refractivity contribution in [2.75, 3.05) is 27.4 Å². The molecule has 2 aromatic carbocycles. The van der Waals surface area contributed by atoms with Crippen LogP contribution in [-0.4, -0.2) is 39.2 Å². The first-order valence-electron chi connectivity index (χ1n) is 7.84. The first kappa shape index (κ1) is 19.8. The second-order valence-corrected chi connectivity index (χ2v) is 6.00. The Bertz CT molecular complexity index is 785. The van der Waals surface area contributed by atoms with Crippen LogP contribution >= 0.6 is 15.9 Å². The zero-order chi connectivity index (χ0) is 19.1. The van der Waals surface area contributed by atoms with Crippen LogP contribution < -0.4 is 14.2 Å². The highest BCUT2D eigenvalue weighted by atomic mass is 79.9. The Hall–Kier alpha value is -2.54. The van der Waals surface area contributed by atoms with E-state index in [1.165, 1.54) is 13.2 Å². The van der Waals surface area contributed by atoms with Crippen LogP contribution in [0.2, 0.25) is 0 Å². The molecule has 0 aromatic heterocycles. The average molecular weight is 423 g/mol. The number of hydrogen-bond acceptors (Lipinski definition) is 6. The molecule has 0 aliphatic heterocycles. The van der Waals surface area contributed by atoms with E-state index in [4.69, 9.17) is 18.9 Å². The van der Waals surface area contributed by atoms with Gasteiger partial charge in [0.05, 0.1) is 30.9 Å². The van der Waals surface area contributed by atoms with Gasteiger partial charge in [0.1, 0.15) is 5.75 Å². The summed E-state index contributed by atoms with van der Waals surface area (Å²) in [6, 6.07) is 9.65. The number of benzene rings is 2. The van der Waals surface area contributed by atoms with Crippen molar-refractivity contribution in [1.29, 1.82) is 0 Å². The molecule has 6 nitrogen and oxygen atoms in total. The summed E-state index contributed by atoms with van der Waals surface area (Å²) in [7, 11) is 3.02. The fraction of sp³-hybridized carbons (Fsp3) is 0.263. The van der Waals surface area contributed by atoms with Crippen LogP contribution in [0.5, 0.6) is 17.2 Å². The van der Waals surface area contributed by atoms with Gasteiger partial charge in [0.25, 0.3) is 0 Å². The van der Waals surface area contributed by atoms with E-state index < -0.39 is 5.97 Å². The zero-order valence-electron chi connectivity index (χ0n) is 14.7. The Morgan fingerprint density at radius 3 is 2.27 bits per heavy atom. The largest absolute Gasteiger partial charge is 0.497 e. The predicted molar refractivity (Wildman–Crippen MR) is 99.5 cm³/mol. The fourth-order valence-electron chi connectivity index (χ4n) is 2.20. The van der Waals surface area contributed by atoms with Crippen molar-refractivity contribution in [2.45, 2.75) is 6.92 Å². The summed E-state index contributed by atoms with van der Waals surface area (Å²) < 4.78 is 21.4. The predicted octanol–water partition coefficient (Wildman–Crippen LogP) is 3.90. The molecule has 0 aliphatic rings. The molecule has 7 heteroatoms. The van der Waals surface area contributed by atoms with Crippen LogP contribution in [0.4, 0.5) is 0 Å². The van der Waals surface area contributed by atoms with Gasteiger partial charge in [-0.05, 0) is 59.3 Å². The van der Waals surface area contributed by atoms with Crippen molar-refractivity contribution in [3.63, 3.8) is 0 Å². The summed E-state index contributed by atoms with van der Waals surface area (Å²) in [6.07, 6.45) is 0. The van der Waals surface area contributed by atoms with Crippen LogP contribution in [0.15, 0.2) is 40.9 Å². The van der Waals surface area contributed by atoms with Crippen LogP contribution in [0, 0.1) is 0 Å². The fourth-order valence-corrected chi connectivity index (χ4v) is 2.75. The van der Waals surface area contributed by atoms with Gasteiger partial charge in [0.2, 0.25) is 0 Å². The number of methoxy groups -OCH3 is 2. The Balaban J connectivity index is 2.07. The van der Waals surface area contributed by atoms with Gasteiger partial charge in [0, 0.05) is 5.56 Å². The van der Waals surface area contributed by atoms with Crippen LogP contribution in [0.1, 0.15) is 27.6 Å². The number of carbonyl (C=O) groups excluding carboxylic acids is 2. The quantitative estimate of drug-likeness (QED) is 0.474. The highest BCUT2D eigenvalue weighted by molar-refractivity contribution is 9.10. The SMILES string of the molecule is CCOc1c(Br)cc(C(=O)OCC(=O)c2ccc(OC)cc2)cc1OC. The third-order valence-electron chi connectivity index (χ3n) is 3.50. The maximum absolute atomic E-state index is 12.3. The average Bonchev–Trinajstić information content (AvgIpc) is 2.67. The molecule has 0 spiro atoms. The van der Waals surface area contributed by atoms with Crippen LogP contribution in [-0.2, 0) is 4.74 Å². The minimum Gasteiger partial charge on any atom is -0.497 e. The molecule has 0 unspecified atom stereocenters. The van der Waals surface area contributed by atoms with Crippen LogP contribution in [0.3, 0.4) is 0 Å². The lowest BCUT2D eigenvalue weighted by atomic mass is 10.1. The molecular formula is C19H19BrO6. The number of ketones is 1. The summed E-state index contributed by atoms with van der Waals surface area (Å²) in [6.45, 7) is 1.94. The van der Waals surface area contributed by atoms with E-state index in [1.54, 1.807) is 37.4 Å². The van der Waals surface area contributed by atoms with E-state index in [0.29, 0.717) is 33.9 Å². The van der Waals surface area contributed by atoms with E-state index in [-0.39, 0.29) is 18.0 Å². The summed E-state index contributed by atoms with van der Waals surface area (Å²) >= 11 is 3.35. The van der Waals surface area contributed by atoms with E-state index >= 15 is 0 Å². The first-order valence-corrected chi connectivity index (χ1v) is 8.64. The Morgan fingerprint density at radius 1 is 1.00 bits per heavy atom. The molecule has 0 amide bonds. The van der Waals surface area contributed by atoms with Crippen molar-refractivity contribution in [2.24, 2.45) is 0 Å². The lowest BCUT2D eigenvalue weighted by Crippen LogP contribution is -2.14. The summed E-state index contributed by atoms with van der Waals surface area (Å²) in [5.74, 6) is 0.604. The van der Waals surface area contributed by atoms with E-state index in [2.05, 4.69) is 15.9 Å². The molecule has 2 rings (SSSR count). The normalized spacial score (nSPS) is 10.2. The van der Waals surface area contributed by atoms with Crippen molar-refractivity contribution in [3.8, 4) is 17.2 Å². The van der Waals surface area contributed by atoms with Gasteiger partial charge in [0.15, 0.2) is 23.9 Å². The number of hydrogen-bond donors (Lipinski definition) is 0. The number of rotatable bonds is 8. The molecule has 0 radical (unpaired) electrons. The van der Waals surface area contributed by atoms with E-state index in [0.717, 1.165) is 0 Å². The highest BCUT2D eigenvalue weighted by Crippen LogP contribution is 2.36. The Kier molecular flexibility index (Phi) is 7.03. The second kappa shape index (κ2) is 9.24. The molecule has 0 saturated carbocycles. The van der Waals surface area contributed by atoms with Gasteiger partial charge >= 0.3 is 5.97 Å². The molecule has 2 aromatic rings. The number of carbonyl (C=O) groups is 2. The maximum atomic E-state index is 12.3. The molecule has 0 fully saturated rings. The summed E-state index contributed by atoms with van der Waals surface area (Å²) in [4.78, 5) is 24.4. The third-order valence-corrected chi connectivity index (χ3v) is 4.09. The third kappa shape index (κ3) is 4.76. The minimum absolute atomic E-state index is 0.250. The van der Waals surface area contributed by atoms with Gasteiger partial charge < -0.3 is 18.9 Å². The van der Waals surface area contributed by atoms with E-state index in [9.17, 15) is 9.59 Å². The second-order valence-electron chi connectivity index (χ2n) is 5.15. The van der Waals surface area contributed by atoms with Crippen LogP contribution in [0.25, 0.3) is 0 Å². The van der Waals surface area contributed by atoms with Crippen molar-refractivity contribution in [1.82, 2.24) is 0 Å². The number of esters is 1. The topological polar surface area (TPSA) is 71.1 Å². The minimum atomic E-state index is -0.631. The van der Waals surface area contributed by atoms with E-state index in [1.807, 2.05) is 6.92 Å². The van der Waals surface area contributed by atoms with Crippen molar-refractivity contribution >= 4 is 27.7 Å². The lowest BCUT2D eigenvalue weighted by Gasteiger charge is -2.13. The van der Waals surface area contributed by atoms with Gasteiger partial charge in [-0.25, -0.2) is 4.79 Å². The maximum Gasteiger partial charge on any atom is 0.338 e. The van der Waals surface area contributed by atoms with Gasteiger partial charge in [-0.3, -0.25) is 4.79 Å². The number of ether oxygens (including phenoxy) is 4. The summed E-state index contributed by atoms with van der Waals surface area (Å²) in [5.41, 5.74) is 0.684. The summed E-state index contributed by atoms with van der Waals surface area (Å²) in [5, 5.41) is 0. The number of Topliss-reactive ketones (excluding diaryl/α,β-unsaturated/α-hetero) is 1. The standard InChI is InChI=1S/C19H19BrO6/c1-4-25-18-15(20)9-13(10-17(18)24-3)19(22)26-11-16(21)12-5-7-14(23-2)8-6-12/h5-10H,4,11H2,1-3H3. The number of halogens is 1. The van der Waals surface area contributed by atoms with Gasteiger partial charge in [-0.15, -0.1) is 0 Å². The Labute approximate surface area is 160 Å². The first-order chi connectivity index (χ1) is 12.5. The molecule has 0 heterocycles.